The number of benzene rings is 1. The van der Waals surface area contributed by atoms with Crippen LogP contribution in [0, 0.1) is 24.6 Å². The van der Waals surface area contributed by atoms with E-state index >= 15 is 0 Å². The molecule has 0 spiro atoms. The van der Waals surface area contributed by atoms with Crippen LogP contribution in [0.1, 0.15) is 30.5 Å². The summed E-state index contributed by atoms with van der Waals surface area (Å²) in [5, 5.41) is 0. The highest BCUT2D eigenvalue weighted by molar-refractivity contribution is 5.52. The van der Waals surface area contributed by atoms with E-state index in [1.54, 1.807) is 18.3 Å². The summed E-state index contributed by atoms with van der Waals surface area (Å²) < 4.78 is 13.2. The quantitative estimate of drug-likeness (QED) is 0.750. The first-order chi connectivity index (χ1) is 11.3. The van der Waals surface area contributed by atoms with E-state index in [1.165, 1.54) is 12.1 Å². The van der Waals surface area contributed by atoms with Gasteiger partial charge in [-0.3, -0.25) is 4.90 Å². The molecule has 0 radical (unpaired) electrons. The summed E-state index contributed by atoms with van der Waals surface area (Å²) in [6.45, 7) is 8.35. The first kappa shape index (κ1) is 16.5. The lowest BCUT2D eigenvalue weighted by Gasteiger charge is -2.24. The molecule has 2 aromatic rings. The minimum atomic E-state index is -0.271. The van der Waals surface area contributed by atoms with E-state index in [9.17, 15) is 4.39 Å². The summed E-state index contributed by atoms with van der Waals surface area (Å²) in [7, 11) is 2.13. The molecule has 124 valence electrons. The SMILES string of the molecule is Cc1cc(C#Cc2cccc(F)c2)cnc1N1CN(C)C(C)(C)C1. The van der Waals surface area contributed by atoms with Crippen LogP contribution in [0.5, 0.6) is 0 Å². The fourth-order valence-corrected chi connectivity index (χ4v) is 2.90. The molecular formula is C20H22FN3. The summed E-state index contributed by atoms with van der Waals surface area (Å²) >= 11 is 0. The van der Waals surface area contributed by atoms with Crippen LogP contribution in [0.25, 0.3) is 0 Å². The number of hydrogen-bond donors (Lipinski definition) is 0. The molecule has 0 atom stereocenters. The van der Waals surface area contributed by atoms with Crippen LogP contribution in [0.15, 0.2) is 36.5 Å². The number of aromatic nitrogens is 1. The molecule has 3 nitrogen and oxygen atoms in total. The summed E-state index contributed by atoms with van der Waals surface area (Å²) in [4.78, 5) is 9.23. The van der Waals surface area contributed by atoms with Gasteiger partial charge in [-0.2, -0.15) is 0 Å². The topological polar surface area (TPSA) is 19.4 Å². The zero-order valence-corrected chi connectivity index (χ0v) is 14.6. The lowest BCUT2D eigenvalue weighted by molar-refractivity contribution is 0.229. The molecule has 1 aromatic carbocycles. The van der Waals surface area contributed by atoms with Gasteiger partial charge in [-0.15, -0.1) is 0 Å². The third-order valence-corrected chi connectivity index (χ3v) is 4.52. The van der Waals surface area contributed by atoms with E-state index in [0.29, 0.717) is 5.56 Å². The second-order valence-corrected chi connectivity index (χ2v) is 6.97. The monoisotopic (exact) mass is 323 g/mol. The van der Waals surface area contributed by atoms with Crippen LogP contribution in [0.4, 0.5) is 10.2 Å². The van der Waals surface area contributed by atoms with E-state index < -0.39 is 0 Å². The number of likely N-dealkylation sites (N-methyl/N-ethyl adjacent to an activating group) is 1. The standard InChI is InChI=1S/C20H22FN3/c1-15-10-17(9-8-16-6-5-7-18(21)11-16)12-22-19(15)24-13-20(2,3)23(4)14-24/h5-7,10-12H,13-14H2,1-4H3. The van der Waals surface area contributed by atoms with Gasteiger partial charge in [0.15, 0.2) is 0 Å². The van der Waals surface area contributed by atoms with Crippen LogP contribution in [-0.2, 0) is 0 Å². The fraction of sp³-hybridized carbons (Fsp3) is 0.350. The Bertz CT molecular complexity index is 817. The molecule has 0 N–H and O–H groups in total. The number of anilines is 1. The highest BCUT2D eigenvalue weighted by Gasteiger charge is 2.35. The molecule has 3 rings (SSSR count). The summed E-state index contributed by atoms with van der Waals surface area (Å²) in [5.74, 6) is 6.78. The fourth-order valence-electron chi connectivity index (χ4n) is 2.90. The Morgan fingerprint density at radius 2 is 1.92 bits per heavy atom. The lowest BCUT2D eigenvalue weighted by Crippen LogP contribution is -2.36. The predicted octanol–water partition coefficient (Wildman–Crippen LogP) is 3.42. The van der Waals surface area contributed by atoms with E-state index in [2.05, 4.69) is 54.4 Å². The zero-order valence-electron chi connectivity index (χ0n) is 14.6. The van der Waals surface area contributed by atoms with Crippen LogP contribution in [0.3, 0.4) is 0 Å². The van der Waals surface area contributed by atoms with Crippen molar-refractivity contribution in [2.75, 3.05) is 25.2 Å². The van der Waals surface area contributed by atoms with Crippen LogP contribution in [-0.4, -0.2) is 35.7 Å². The first-order valence-corrected chi connectivity index (χ1v) is 8.05. The lowest BCUT2D eigenvalue weighted by atomic mass is 10.1. The van der Waals surface area contributed by atoms with Gasteiger partial charge in [-0.05, 0) is 57.6 Å². The molecule has 0 saturated carbocycles. The maximum atomic E-state index is 13.2. The van der Waals surface area contributed by atoms with Gasteiger partial charge in [-0.1, -0.05) is 17.9 Å². The average Bonchev–Trinajstić information content (AvgIpc) is 2.79. The van der Waals surface area contributed by atoms with Crippen LogP contribution >= 0.6 is 0 Å². The maximum Gasteiger partial charge on any atom is 0.132 e. The van der Waals surface area contributed by atoms with Crippen molar-refractivity contribution in [1.29, 1.82) is 0 Å². The molecule has 24 heavy (non-hydrogen) atoms. The molecule has 0 aliphatic carbocycles. The van der Waals surface area contributed by atoms with Crippen molar-refractivity contribution in [3.63, 3.8) is 0 Å². The molecule has 1 aromatic heterocycles. The number of aryl methyl sites for hydroxylation is 1. The molecule has 2 heterocycles. The maximum absolute atomic E-state index is 13.2. The van der Waals surface area contributed by atoms with Gasteiger partial charge in [0.2, 0.25) is 0 Å². The van der Waals surface area contributed by atoms with E-state index in [-0.39, 0.29) is 11.4 Å². The Morgan fingerprint density at radius 3 is 2.54 bits per heavy atom. The predicted molar refractivity (Wildman–Crippen MR) is 95.4 cm³/mol. The van der Waals surface area contributed by atoms with Gasteiger partial charge in [0, 0.05) is 29.4 Å². The first-order valence-electron chi connectivity index (χ1n) is 8.05. The molecule has 1 fully saturated rings. The summed E-state index contributed by atoms with van der Waals surface area (Å²) in [5.41, 5.74) is 2.75. The number of hydrogen-bond acceptors (Lipinski definition) is 3. The Labute approximate surface area is 143 Å². The third-order valence-electron chi connectivity index (χ3n) is 4.52. The second kappa shape index (κ2) is 6.26. The molecule has 1 aliphatic rings. The Morgan fingerprint density at radius 1 is 1.17 bits per heavy atom. The largest absolute Gasteiger partial charge is 0.342 e. The highest BCUT2D eigenvalue weighted by atomic mass is 19.1. The minimum absolute atomic E-state index is 0.143. The molecular weight excluding hydrogens is 301 g/mol. The highest BCUT2D eigenvalue weighted by Crippen LogP contribution is 2.28. The van der Waals surface area contributed by atoms with Crippen LogP contribution in [0.2, 0.25) is 0 Å². The van der Waals surface area contributed by atoms with Crippen molar-refractivity contribution >= 4 is 5.82 Å². The normalized spacial score (nSPS) is 16.8. The van der Waals surface area contributed by atoms with Gasteiger partial charge in [0.25, 0.3) is 0 Å². The summed E-state index contributed by atoms with van der Waals surface area (Å²) in [6.07, 6.45) is 1.79. The summed E-state index contributed by atoms with van der Waals surface area (Å²) in [6, 6.07) is 8.36. The van der Waals surface area contributed by atoms with E-state index in [1.807, 2.05) is 6.07 Å². The molecule has 0 amide bonds. The van der Waals surface area contributed by atoms with Gasteiger partial charge < -0.3 is 4.90 Å². The second-order valence-electron chi connectivity index (χ2n) is 6.97. The Hall–Kier alpha value is -2.38. The van der Waals surface area contributed by atoms with Gasteiger partial charge in [0.1, 0.15) is 11.6 Å². The molecule has 4 heteroatoms. The van der Waals surface area contributed by atoms with E-state index in [4.69, 9.17) is 0 Å². The average molecular weight is 323 g/mol. The number of pyridine rings is 1. The number of rotatable bonds is 1. The molecule has 0 unspecified atom stereocenters. The number of nitrogens with zero attached hydrogens (tertiary/aromatic N) is 3. The van der Waals surface area contributed by atoms with Gasteiger partial charge >= 0.3 is 0 Å². The van der Waals surface area contributed by atoms with Gasteiger partial charge in [-0.25, -0.2) is 9.37 Å². The third kappa shape index (κ3) is 3.42. The van der Waals surface area contributed by atoms with Crippen LogP contribution < -0.4 is 4.90 Å². The minimum Gasteiger partial charge on any atom is -0.342 e. The molecule has 1 saturated heterocycles. The van der Waals surface area contributed by atoms with E-state index in [0.717, 1.165) is 30.2 Å². The van der Waals surface area contributed by atoms with Crippen molar-refractivity contribution in [2.24, 2.45) is 0 Å². The molecule has 0 bridgehead atoms. The van der Waals surface area contributed by atoms with Crippen molar-refractivity contribution in [3.8, 4) is 11.8 Å². The van der Waals surface area contributed by atoms with Crippen molar-refractivity contribution in [3.05, 3.63) is 59.0 Å². The number of halogens is 1. The Kier molecular flexibility index (Phi) is 4.29. The van der Waals surface area contributed by atoms with Gasteiger partial charge in [0.05, 0.1) is 6.67 Å². The zero-order chi connectivity index (χ0) is 17.3. The van der Waals surface area contributed by atoms with Crippen molar-refractivity contribution in [1.82, 2.24) is 9.88 Å². The van der Waals surface area contributed by atoms with Crippen molar-refractivity contribution < 1.29 is 4.39 Å². The Balaban J connectivity index is 1.81. The molecule has 1 aliphatic heterocycles. The van der Waals surface area contributed by atoms with Crippen molar-refractivity contribution in [2.45, 2.75) is 26.3 Å². The smallest absolute Gasteiger partial charge is 0.132 e.